The SMILES string of the molecule is CCOC1=CC(=C2C(=O)N(CC)N(CC)C2=O)C=C(c2ccccc2)N1Cc1ccccc1. The van der Waals surface area contributed by atoms with Crippen molar-refractivity contribution in [2.24, 2.45) is 0 Å². The smallest absolute Gasteiger partial charge is 0.278 e. The number of hydrazine groups is 1. The summed E-state index contributed by atoms with van der Waals surface area (Å²) in [5.74, 6) is 0.0713. The molecule has 4 rings (SSSR count). The van der Waals surface area contributed by atoms with Crippen molar-refractivity contribution in [1.82, 2.24) is 14.9 Å². The van der Waals surface area contributed by atoms with Gasteiger partial charge < -0.3 is 9.64 Å². The van der Waals surface area contributed by atoms with Crippen LogP contribution in [0.1, 0.15) is 31.9 Å². The van der Waals surface area contributed by atoms with Crippen molar-refractivity contribution in [2.45, 2.75) is 27.3 Å². The fraction of sp³-hybridized carbons (Fsp3) is 0.259. The second kappa shape index (κ2) is 9.77. The van der Waals surface area contributed by atoms with Gasteiger partial charge in [-0.2, -0.15) is 0 Å². The molecule has 1 saturated heterocycles. The quantitative estimate of drug-likeness (QED) is 0.472. The molecule has 0 radical (unpaired) electrons. The van der Waals surface area contributed by atoms with Crippen LogP contribution in [0.3, 0.4) is 0 Å². The Labute approximate surface area is 195 Å². The Bertz CT molecular complexity index is 1100. The van der Waals surface area contributed by atoms with Crippen LogP contribution in [-0.4, -0.2) is 46.4 Å². The number of hydrogen-bond donors (Lipinski definition) is 0. The molecule has 0 unspecified atom stereocenters. The van der Waals surface area contributed by atoms with Gasteiger partial charge in [0, 0.05) is 24.7 Å². The van der Waals surface area contributed by atoms with Crippen molar-refractivity contribution >= 4 is 17.5 Å². The van der Waals surface area contributed by atoms with E-state index in [0.29, 0.717) is 37.7 Å². The number of ether oxygens (including phenoxy) is 1. The second-order valence-corrected chi connectivity index (χ2v) is 7.76. The van der Waals surface area contributed by atoms with E-state index < -0.39 is 0 Å². The molecular weight excluding hydrogens is 414 g/mol. The highest BCUT2D eigenvalue weighted by atomic mass is 16.5. The van der Waals surface area contributed by atoms with E-state index >= 15 is 0 Å². The highest BCUT2D eigenvalue weighted by molar-refractivity contribution is 6.23. The van der Waals surface area contributed by atoms with Crippen molar-refractivity contribution in [3.63, 3.8) is 0 Å². The average molecular weight is 444 g/mol. The van der Waals surface area contributed by atoms with E-state index in [0.717, 1.165) is 16.8 Å². The molecular formula is C27H29N3O3. The zero-order valence-corrected chi connectivity index (χ0v) is 19.3. The number of likely N-dealkylation sites (N-methyl/N-ethyl adjacent to an activating group) is 2. The van der Waals surface area contributed by atoms with Gasteiger partial charge in [-0.25, -0.2) is 10.0 Å². The number of nitrogens with zero attached hydrogens (tertiary/aromatic N) is 3. The summed E-state index contributed by atoms with van der Waals surface area (Å²) in [5.41, 5.74) is 3.75. The molecule has 2 amide bonds. The van der Waals surface area contributed by atoms with Gasteiger partial charge in [-0.3, -0.25) is 9.59 Å². The average Bonchev–Trinajstić information content (AvgIpc) is 3.09. The van der Waals surface area contributed by atoms with Crippen LogP contribution < -0.4 is 0 Å². The van der Waals surface area contributed by atoms with Gasteiger partial charge in [-0.1, -0.05) is 60.7 Å². The summed E-state index contributed by atoms with van der Waals surface area (Å²) in [6.07, 6.45) is 3.75. The zero-order valence-electron chi connectivity index (χ0n) is 19.3. The first-order valence-corrected chi connectivity index (χ1v) is 11.4. The molecule has 0 N–H and O–H groups in total. The molecule has 6 nitrogen and oxygen atoms in total. The molecule has 2 aliphatic rings. The zero-order chi connectivity index (χ0) is 23.4. The van der Waals surface area contributed by atoms with Crippen LogP contribution in [0.15, 0.2) is 89.8 Å². The molecule has 0 atom stereocenters. The lowest BCUT2D eigenvalue weighted by Gasteiger charge is -2.32. The molecule has 0 bridgehead atoms. The Morgan fingerprint density at radius 2 is 1.33 bits per heavy atom. The van der Waals surface area contributed by atoms with E-state index in [1.165, 1.54) is 10.0 Å². The Balaban J connectivity index is 1.88. The van der Waals surface area contributed by atoms with Gasteiger partial charge in [0.1, 0.15) is 5.57 Å². The third kappa shape index (κ3) is 4.29. The van der Waals surface area contributed by atoms with Crippen LogP contribution in [0.4, 0.5) is 0 Å². The Morgan fingerprint density at radius 1 is 0.758 bits per heavy atom. The van der Waals surface area contributed by atoms with E-state index in [1.54, 1.807) is 0 Å². The van der Waals surface area contributed by atoms with Gasteiger partial charge in [0.15, 0.2) is 5.88 Å². The highest BCUT2D eigenvalue weighted by Gasteiger charge is 2.41. The summed E-state index contributed by atoms with van der Waals surface area (Å²) in [7, 11) is 0. The lowest BCUT2D eigenvalue weighted by atomic mass is 9.99. The summed E-state index contributed by atoms with van der Waals surface area (Å²) >= 11 is 0. The maximum Gasteiger partial charge on any atom is 0.278 e. The number of amides is 2. The number of hydrogen-bond acceptors (Lipinski definition) is 4. The number of benzene rings is 2. The molecule has 2 aromatic rings. The summed E-state index contributed by atoms with van der Waals surface area (Å²) in [6.45, 7) is 7.61. The highest BCUT2D eigenvalue weighted by Crippen LogP contribution is 2.35. The fourth-order valence-corrected chi connectivity index (χ4v) is 4.23. The van der Waals surface area contributed by atoms with Gasteiger partial charge >= 0.3 is 0 Å². The molecule has 170 valence electrons. The molecule has 2 aliphatic heterocycles. The first-order valence-electron chi connectivity index (χ1n) is 11.4. The van der Waals surface area contributed by atoms with E-state index in [2.05, 4.69) is 17.0 Å². The molecule has 0 spiro atoms. The number of rotatable bonds is 7. The normalized spacial score (nSPS) is 16.4. The van der Waals surface area contributed by atoms with E-state index in [1.807, 2.05) is 81.5 Å². The summed E-state index contributed by atoms with van der Waals surface area (Å²) in [6, 6.07) is 20.1. The molecule has 6 heteroatoms. The van der Waals surface area contributed by atoms with E-state index in [9.17, 15) is 9.59 Å². The summed E-state index contributed by atoms with van der Waals surface area (Å²) in [4.78, 5) is 28.5. The molecule has 1 fully saturated rings. The van der Waals surface area contributed by atoms with Crippen LogP contribution >= 0.6 is 0 Å². The van der Waals surface area contributed by atoms with Crippen LogP contribution in [0, 0.1) is 0 Å². The Morgan fingerprint density at radius 3 is 1.88 bits per heavy atom. The van der Waals surface area contributed by atoms with Crippen molar-refractivity contribution in [2.75, 3.05) is 19.7 Å². The van der Waals surface area contributed by atoms with Gasteiger partial charge in [0.05, 0.1) is 18.8 Å². The standard InChI is InChI=1S/C27H29N3O3/c1-4-29-26(31)25(27(32)30(29)5-2)22-17-23(21-15-11-8-12-16-21)28(24(18-22)33-6-3)19-20-13-9-7-10-14-20/h7-18H,4-6,19H2,1-3H3. The van der Waals surface area contributed by atoms with Gasteiger partial charge in [0.25, 0.3) is 11.8 Å². The minimum Gasteiger partial charge on any atom is -0.479 e. The molecule has 2 aromatic carbocycles. The first kappa shape index (κ1) is 22.4. The fourth-order valence-electron chi connectivity index (χ4n) is 4.23. The van der Waals surface area contributed by atoms with Crippen molar-refractivity contribution in [3.8, 4) is 0 Å². The maximum atomic E-state index is 13.2. The van der Waals surface area contributed by atoms with Gasteiger partial charge in [-0.15, -0.1) is 0 Å². The number of carbonyl (C=O) groups excluding carboxylic acids is 2. The predicted molar refractivity (Wildman–Crippen MR) is 128 cm³/mol. The minimum absolute atomic E-state index is 0.184. The molecule has 2 heterocycles. The molecule has 0 aromatic heterocycles. The van der Waals surface area contributed by atoms with Gasteiger partial charge in [0.2, 0.25) is 0 Å². The van der Waals surface area contributed by atoms with Gasteiger partial charge in [-0.05, 0) is 38.0 Å². The number of allylic oxidation sites excluding steroid dienone is 3. The topological polar surface area (TPSA) is 53.1 Å². The predicted octanol–water partition coefficient (Wildman–Crippen LogP) is 4.34. The Kier molecular flexibility index (Phi) is 6.63. The third-order valence-corrected chi connectivity index (χ3v) is 5.75. The third-order valence-electron chi connectivity index (χ3n) is 5.75. The number of carbonyl (C=O) groups is 2. The van der Waals surface area contributed by atoms with Crippen LogP contribution in [0.2, 0.25) is 0 Å². The molecule has 0 aliphatic carbocycles. The lowest BCUT2D eigenvalue weighted by Crippen LogP contribution is -2.40. The van der Waals surface area contributed by atoms with Crippen LogP contribution in [0.25, 0.3) is 5.70 Å². The van der Waals surface area contributed by atoms with Crippen molar-refractivity contribution in [3.05, 3.63) is 101 Å². The minimum atomic E-state index is -0.272. The first-order chi connectivity index (χ1) is 16.1. The summed E-state index contributed by atoms with van der Waals surface area (Å²) < 4.78 is 6.05. The second-order valence-electron chi connectivity index (χ2n) is 7.76. The van der Waals surface area contributed by atoms with E-state index in [-0.39, 0.29) is 17.4 Å². The summed E-state index contributed by atoms with van der Waals surface area (Å²) in [5, 5.41) is 3.01. The van der Waals surface area contributed by atoms with Crippen molar-refractivity contribution < 1.29 is 14.3 Å². The molecule has 0 saturated carbocycles. The monoisotopic (exact) mass is 443 g/mol. The van der Waals surface area contributed by atoms with Crippen molar-refractivity contribution in [1.29, 1.82) is 0 Å². The maximum absolute atomic E-state index is 13.2. The van der Waals surface area contributed by atoms with Crippen LogP contribution in [0.5, 0.6) is 0 Å². The van der Waals surface area contributed by atoms with E-state index in [4.69, 9.17) is 4.74 Å². The lowest BCUT2D eigenvalue weighted by molar-refractivity contribution is -0.145. The van der Waals surface area contributed by atoms with Crippen LogP contribution in [-0.2, 0) is 20.9 Å². The Hall–Kier alpha value is -3.80. The molecule has 33 heavy (non-hydrogen) atoms. The largest absolute Gasteiger partial charge is 0.479 e.